The fourth-order valence-corrected chi connectivity index (χ4v) is 2.76. The number of nitrogens with zero attached hydrogens (tertiary/aromatic N) is 1. The number of carbonyl (C=O) groups excluding carboxylic acids is 2. The van der Waals surface area contributed by atoms with Crippen LogP contribution in [0.2, 0.25) is 0 Å². The molecule has 2 aromatic carbocycles. The number of benzene rings is 2. The second kappa shape index (κ2) is 8.44. The lowest BCUT2D eigenvalue weighted by Gasteiger charge is -2.17. The van der Waals surface area contributed by atoms with Gasteiger partial charge in [0.25, 0.3) is 11.6 Å². The molecule has 2 rings (SSSR count). The van der Waals surface area contributed by atoms with Crippen molar-refractivity contribution in [1.29, 1.82) is 0 Å². The average molecular weight is 370 g/mol. The summed E-state index contributed by atoms with van der Waals surface area (Å²) >= 11 is 0. The molecule has 0 bridgehead atoms. The van der Waals surface area contributed by atoms with Gasteiger partial charge in [-0.3, -0.25) is 14.9 Å². The Kier molecular flexibility index (Phi) is 6.28. The summed E-state index contributed by atoms with van der Waals surface area (Å²) in [6.45, 7) is 7.51. The molecule has 0 radical (unpaired) electrons. The van der Waals surface area contributed by atoms with Gasteiger partial charge in [0, 0.05) is 17.7 Å². The van der Waals surface area contributed by atoms with Crippen LogP contribution in [0.15, 0.2) is 36.4 Å². The fraction of sp³-hybridized carbons (Fsp3) is 0.300. The summed E-state index contributed by atoms with van der Waals surface area (Å²) < 4.78 is 4.88. The van der Waals surface area contributed by atoms with E-state index < -0.39 is 16.8 Å². The quantitative estimate of drug-likeness (QED) is 0.473. The Morgan fingerprint density at radius 1 is 1.15 bits per heavy atom. The van der Waals surface area contributed by atoms with Gasteiger partial charge < -0.3 is 10.1 Å². The zero-order valence-corrected chi connectivity index (χ0v) is 15.7. The van der Waals surface area contributed by atoms with Crippen molar-refractivity contribution in [2.45, 2.75) is 33.7 Å². The molecule has 0 spiro atoms. The number of amides is 1. The van der Waals surface area contributed by atoms with Crippen molar-refractivity contribution in [2.75, 3.05) is 6.61 Å². The Hall–Kier alpha value is -3.22. The van der Waals surface area contributed by atoms with Crippen LogP contribution < -0.4 is 5.32 Å². The van der Waals surface area contributed by atoms with Crippen LogP contribution in [0.1, 0.15) is 57.3 Å². The lowest BCUT2D eigenvalue weighted by Crippen LogP contribution is -2.27. The summed E-state index contributed by atoms with van der Waals surface area (Å²) in [7, 11) is 0. The van der Waals surface area contributed by atoms with Crippen LogP contribution in [0.25, 0.3) is 0 Å². The van der Waals surface area contributed by atoms with Gasteiger partial charge >= 0.3 is 5.97 Å². The molecule has 0 heterocycles. The number of aryl methyl sites for hydroxylation is 2. The van der Waals surface area contributed by atoms with Crippen LogP contribution in [0.5, 0.6) is 0 Å². The minimum atomic E-state index is -0.710. The molecule has 0 aliphatic carbocycles. The van der Waals surface area contributed by atoms with E-state index in [1.807, 2.05) is 39.0 Å². The number of carbonyl (C=O) groups is 2. The number of rotatable bonds is 6. The maximum Gasteiger partial charge on any atom is 0.338 e. The highest BCUT2D eigenvalue weighted by molar-refractivity contribution is 5.99. The molecule has 2 aromatic rings. The molecular formula is C20H22N2O5. The molecule has 142 valence electrons. The van der Waals surface area contributed by atoms with Crippen LogP contribution in [-0.2, 0) is 4.74 Å². The highest BCUT2D eigenvalue weighted by Gasteiger charge is 2.20. The molecule has 1 unspecified atom stereocenters. The minimum absolute atomic E-state index is 0.0319. The third-order valence-corrected chi connectivity index (χ3v) is 4.15. The number of ether oxygens (including phenoxy) is 1. The highest BCUT2D eigenvalue weighted by atomic mass is 16.6. The van der Waals surface area contributed by atoms with E-state index in [9.17, 15) is 19.7 Å². The second-order valence-electron chi connectivity index (χ2n) is 6.30. The molecule has 1 amide bonds. The Bertz CT molecular complexity index is 892. The number of esters is 1. The minimum Gasteiger partial charge on any atom is -0.462 e. The molecule has 0 aromatic heterocycles. The number of non-ortho nitro benzene ring substituents is 1. The standard InChI is InChI=1S/C20H22N2O5/c1-5-27-20(24)16-9-15(10-17(11-16)22(25)26)19(23)21-14(4)18-8-12(2)6-7-13(18)3/h6-11,14H,5H2,1-4H3,(H,21,23). The number of nitro benzene ring substituents is 1. The molecule has 0 fully saturated rings. The van der Waals surface area contributed by atoms with E-state index >= 15 is 0 Å². The van der Waals surface area contributed by atoms with Crippen molar-refractivity contribution in [3.63, 3.8) is 0 Å². The van der Waals surface area contributed by atoms with Crippen molar-refractivity contribution in [1.82, 2.24) is 5.32 Å². The van der Waals surface area contributed by atoms with Gasteiger partial charge in [-0.25, -0.2) is 4.79 Å². The van der Waals surface area contributed by atoms with Gasteiger partial charge in [-0.05, 0) is 44.9 Å². The summed E-state index contributed by atoms with van der Waals surface area (Å²) in [4.78, 5) is 35.1. The summed E-state index contributed by atoms with van der Waals surface area (Å²) in [6.07, 6.45) is 0. The lowest BCUT2D eigenvalue weighted by molar-refractivity contribution is -0.384. The number of hydrogen-bond acceptors (Lipinski definition) is 5. The molecule has 0 saturated carbocycles. The van der Waals surface area contributed by atoms with Crippen LogP contribution in [0, 0.1) is 24.0 Å². The average Bonchev–Trinajstić information content (AvgIpc) is 2.63. The third kappa shape index (κ3) is 4.91. The molecular weight excluding hydrogens is 348 g/mol. The van der Waals surface area contributed by atoms with E-state index in [1.165, 1.54) is 6.07 Å². The van der Waals surface area contributed by atoms with Crippen LogP contribution >= 0.6 is 0 Å². The Morgan fingerprint density at radius 3 is 2.44 bits per heavy atom. The van der Waals surface area contributed by atoms with Gasteiger partial charge in [0.05, 0.1) is 23.1 Å². The topological polar surface area (TPSA) is 98.5 Å². The van der Waals surface area contributed by atoms with Crippen LogP contribution in [0.3, 0.4) is 0 Å². The molecule has 7 nitrogen and oxygen atoms in total. The first kappa shape index (κ1) is 20.1. The monoisotopic (exact) mass is 370 g/mol. The van der Waals surface area contributed by atoms with Crippen molar-refractivity contribution >= 4 is 17.6 Å². The van der Waals surface area contributed by atoms with Crippen molar-refractivity contribution in [3.8, 4) is 0 Å². The Balaban J connectivity index is 2.33. The molecule has 1 atom stereocenters. The van der Waals surface area contributed by atoms with E-state index in [-0.39, 0.29) is 29.5 Å². The predicted octanol–water partition coefficient (Wildman–Crippen LogP) is 3.88. The van der Waals surface area contributed by atoms with Gasteiger partial charge in [-0.15, -0.1) is 0 Å². The highest BCUT2D eigenvalue weighted by Crippen LogP contribution is 2.22. The maximum atomic E-state index is 12.6. The second-order valence-corrected chi connectivity index (χ2v) is 6.30. The van der Waals surface area contributed by atoms with Crippen molar-refractivity contribution < 1.29 is 19.2 Å². The SMILES string of the molecule is CCOC(=O)c1cc(C(=O)NC(C)c2cc(C)ccc2C)cc([N+](=O)[O-])c1. The largest absolute Gasteiger partial charge is 0.462 e. The van der Waals surface area contributed by atoms with Gasteiger partial charge in [0.1, 0.15) is 0 Å². The summed E-state index contributed by atoms with van der Waals surface area (Å²) in [5.41, 5.74) is 2.71. The van der Waals surface area contributed by atoms with E-state index in [2.05, 4.69) is 5.32 Å². The zero-order valence-electron chi connectivity index (χ0n) is 15.7. The van der Waals surface area contributed by atoms with Crippen molar-refractivity contribution in [3.05, 3.63) is 74.3 Å². The van der Waals surface area contributed by atoms with E-state index in [4.69, 9.17) is 4.74 Å². The number of nitro groups is 1. The van der Waals surface area contributed by atoms with Gasteiger partial charge in [0.15, 0.2) is 0 Å². The summed E-state index contributed by atoms with van der Waals surface area (Å²) in [5, 5.41) is 14.0. The van der Waals surface area contributed by atoms with Gasteiger partial charge in [-0.1, -0.05) is 23.8 Å². The normalized spacial score (nSPS) is 11.6. The van der Waals surface area contributed by atoms with E-state index in [0.717, 1.165) is 28.8 Å². The van der Waals surface area contributed by atoms with Gasteiger partial charge in [0.2, 0.25) is 0 Å². The predicted molar refractivity (Wildman–Crippen MR) is 101 cm³/mol. The summed E-state index contributed by atoms with van der Waals surface area (Å²) in [6, 6.07) is 9.19. The Morgan fingerprint density at radius 2 is 1.81 bits per heavy atom. The number of hydrogen-bond donors (Lipinski definition) is 1. The maximum absolute atomic E-state index is 12.6. The molecule has 27 heavy (non-hydrogen) atoms. The fourth-order valence-electron chi connectivity index (χ4n) is 2.76. The molecule has 7 heteroatoms. The van der Waals surface area contributed by atoms with E-state index in [0.29, 0.717) is 0 Å². The van der Waals surface area contributed by atoms with Crippen LogP contribution in [-0.4, -0.2) is 23.4 Å². The first-order valence-corrected chi connectivity index (χ1v) is 8.57. The molecule has 0 aliphatic heterocycles. The molecule has 0 saturated heterocycles. The molecule has 1 N–H and O–H groups in total. The third-order valence-electron chi connectivity index (χ3n) is 4.15. The number of nitrogens with one attached hydrogen (secondary N) is 1. The first-order chi connectivity index (χ1) is 12.7. The van der Waals surface area contributed by atoms with Gasteiger partial charge in [-0.2, -0.15) is 0 Å². The van der Waals surface area contributed by atoms with E-state index in [1.54, 1.807) is 6.92 Å². The van der Waals surface area contributed by atoms with Crippen LogP contribution in [0.4, 0.5) is 5.69 Å². The zero-order chi connectivity index (χ0) is 20.1. The molecule has 0 aliphatic rings. The lowest BCUT2D eigenvalue weighted by atomic mass is 9.99. The summed E-state index contributed by atoms with van der Waals surface area (Å²) in [5.74, 6) is -1.21. The van der Waals surface area contributed by atoms with Crippen molar-refractivity contribution in [2.24, 2.45) is 0 Å². The first-order valence-electron chi connectivity index (χ1n) is 8.57. The smallest absolute Gasteiger partial charge is 0.338 e. The Labute approximate surface area is 157 Å².